The van der Waals surface area contributed by atoms with Crippen molar-refractivity contribution in [1.82, 2.24) is 29.8 Å². The van der Waals surface area contributed by atoms with Crippen LogP contribution < -0.4 is 5.32 Å². The summed E-state index contributed by atoms with van der Waals surface area (Å²) >= 11 is 0. The van der Waals surface area contributed by atoms with E-state index in [2.05, 4.69) is 15.5 Å². The second kappa shape index (κ2) is 7.17. The first-order valence-corrected chi connectivity index (χ1v) is 9.71. The molecule has 0 aromatic carbocycles. The molecule has 1 N–H and O–H groups in total. The fraction of sp³-hybridized carbons (Fsp3) is 0.579. The van der Waals surface area contributed by atoms with Gasteiger partial charge in [0.2, 0.25) is 5.91 Å². The number of fused-ring (bicyclic) bond motifs is 1. The Morgan fingerprint density at radius 2 is 2.15 bits per heavy atom. The van der Waals surface area contributed by atoms with Gasteiger partial charge < -0.3 is 10.2 Å². The second-order valence-electron chi connectivity index (χ2n) is 7.35. The van der Waals surface area contributed by atoms with Crippen molar-refractivity contribution in [1.29, 1.82) is 0 Å². The Morgan fingerprint density at radius 1 is 1.33 bits per heavy atom. The lowest BCUT2D eigenvalue weighted by atomic mass is 10.0. The summed E-state index contributed by atoms with van der Waals surface area (Å²) in [5.41, 5.74) is 3.81. The van der Waals surface area contributed by atoms with Crippen LogP contribution in [0.3, 0.4) is 0 Å². The first-order chi connectivity index (χ1) is 13.1. The Morgan fingerprint density at radius 3 is 2.89 bits per heavy atom. The van der Waals surface area contributed by atoms with Gasteiger partial charge in [-0.3, -0.25) is 19.0 Å². The van der Waals surface area contributed by atoms with Gasteiger partial charge in [0.15, 0.2) is 0 Å². The zero-order valence-electron chi connectivity index (χ0n) is 15.9. The summed E-state index contributed by atoms with van der Waals surface area (Å²) in [6, 6.07) is 2.15. The van der Waals surface area contributed by atoms with Crippen LogP contribution in [0.2, 0.25) is 0 Å². The van der Waals surface area contributed by atoms with Crippen LogP contribution in [-0.4, -0.2) is 48.9 Å². The van der Waals surface area contributed by atoms with Crippen LogP contribution in [0.25, 0.3) is 0 Å². The van der Waals surface area contributed by atoms with E-state index in [1.54, 1.807) is 16.9 Å². The summed E-state index contributed by atoms with van der Waals surface area (Å²) in [6.45, 7) is 3.85. The first-order valence-electron chi connectivity index (χ1n) is 9.71. The molecule has 2 amide bonds. The van der Waals surface area contributed by atoms with E-state index in [4.69, 9.17) is 0 Å². The highest BCUT2D eigenvalue weighted by atomic mass is 16.2. The summed E-state index contributed by atoms with van der Waals surface area (Å²) in [7, 11) is 1.94. The number of amides is 2. The van der Waals surface area contributed by atoms with E-state index in [0.29, 0.717) is 44.2 Å². The predicted molar refractivity (Wildman–Crippen MR) is 99.0 cm³/mol. The normalized spacial score (nSPS) is 16.3. The maximum Gasteiger partial charge on any atom is 0.272 e. The molecule has 0 spiro atoms. The number of carbonyl (C=O) groups is 2. The molecule has 1 fully saturated rings. The Kier molecular flexibility index (Phi) is 4.72. The van der Waals surface area contributed by atoms with Crippen LogP contribution in [-0.2, 0) is 37.8 Å². The summed E-state index contributed by atoms with van der Waals surface area (Å²) in [5, 5.41) is 11.9. The average Bonchev–Trinajstić information content (AvgIpc) is 3.25. The van der Waals surface area contributed by atoms with Crippen LogP contribution in [0.4, 0.5) is 0 Å². The van der Waals surface area contributed by atoms with E-state index in [1.807, 2.05) is 23.6 Å². The Labute approximate surface area is 158 Å². The van der Waals surface area contributed by atoms with Crippen LogP contribution in [0.1, 0.15) is 53.6 Å². The Hall–Kier alpha value is -2.64. The summed E-state index contributed by atoms with van der Waals surface area (Å²) in [4.78, 5) is 26.8. The third kappa shape index (κ3) is 3.61. The number of nitrogens with one attached hydrogen (secondary N) is 1. The molecule has 27 heavy (non-hydrogen) atoms. The van der Waals surface area contributed by atoms with Gasteiger partial charge in [-0.25, -0.2) is 0 Å². The molecule has 4 rings (SSSR count). The number of aryl methyl sites for hydroxylation is 3. The van der Waals surface area contributed by atoms with Gasteiger partial charge in [0.05, 0.1) is 5.69 Å². The minimum atomic E-state index is 0.00118. The molecule has 1 aliphatic carbocycles. The zero-order chi connectivity index (χ0) is 19.0. The smallest absolute Gasteiger partial charge is 0.272 e. The van der Waals surface area contributed by atoms with Crippen molar-refractivity contribution in [2.75, 3.05) is 6.54 Å². The van der Waals surface area contributed by atoms with Crippen molar-refractivity contribution in [2.45, 2.75) is 58.2 Å². The molecule has 0 saturated heterocycles. The number of aromatic nitrogens is 4. The predicted octanol–water partition coefficient (Wildman–Crippen LogP) is 1.05. The van der Waals surface area contributed by atoms with Gasteiger partial charge in [0.1, 0.15) is 5.69 Å². The average molecular weight is 370 g/mol. The zero-order valence-corrected chi connectivity index (χ0v) is 15.9. The third-order valence-corrected chi connectivity index (χ3v) is 5.38. The first kappa shape index (κ1) is 17.8. The number of nitrogens with zero attached hydrogens (tertiary/aromatic N) is 5. The number of carbonyl (C=O) groups excluding carboxylic acids is 2. The molecule has 0 atom stereocenters. The summed E-state index contributed by atoms with van der Waals surface area (Å²) in [5.74, 6) is 0.0915. The highest BCUT2D eigenvalue weighted by Crippen LogP contribution is 2.25. The number of hydrogen-bond acceptors (Lipinski definition) is 4. The molecule has 2 aliphatic rings. The fourth-order valence-electron chi connectivity index (χ4n) is 3.73. The molecular formula is C19H26N6O2. The van der Waals surface area contributed by atoms with Crippen molar-refractivity contribution < 1.29 is 9.59 Å². The van der Waals surface area contributed by atoms with Gasteiger partial charge in [0, 0.05) is 69.4 Å². The number of hydrogen-bond donors (Lipinski definition) is 1. The van der Waals surface area contributed by atoms with Gasteiger partial charge in [-0.15, -0.1) is 0 Å². The fourth-order valence-corrected chi connectivity index (χ4v) is 3.73. The van der Waals surface area contributed by atoms with Gasteiger partial charge in [-0.05, 0) is 25.8 Å². The molecule has 0 bridgehead atoms. The van der Waals surface area contributed by atoms with Gasteiger partial charge >= 0.3 is 0 Å². The summed E-state index contributed by atoms with van der Waals surface area (Å²) in [6.07, 6.45) is 5.68. The van der Waals surface area contributed by atoms with Gasteiger partial charge in [-0.1, -0.05) is 0 Å². The van der Waals surface area contributed by atoms with Crippen molar-refractivity contribution in [3.05, 3.63) is 34.9 Å². The van der Waals surface area contributed by atoms with Crippen molar-refractivity contribution in [3.63, 3.8) is 0 Å². The van der Waals surface area contributed by atoms with E-state index in [9.17, 15) is 9.59 Å². The van der Waals surface area contributed by atoms with Crippen molar-refractivity contribution in [3.8, 4) is 0 Å². The molecule has 8 heteroatoms. The van der Waals surface area contributed by atoms with E-state index in [1.165, 1.54) is 5.69 Å². The van der Waals surface area contributed by atoms with Crippen LogP contribution in [0, 0.1) is 0 Å². The second-order valence-corrected chi connectivity index (χ2v) is 7.35. The highest BCUT2D eigenvalue weighted by molar-refractivity contribution is 5.92. The Bertz CT molecular complexity index is 864. The molecule has 0 radical (unpaired) electrons. The lowest BCUT2D eigenvalue weighted by Gasteiger charge is -2.28. The molecule has 0 unspecified atom stereocenters. The Balaban J connectivity index is 1.47. The van der Waals surface area contributed by atoms with E-state index in [-0.39, 0.29) is 11.8 Å². The van der Waals surface area contributed by atoms with Crippen LogP contribution in [0.5, 0.6) is 0 Å². The number of rotatable bonds is 6. The van der Waals surface area contributed by atoms with Gasteiger partial charge in [0.25, 0.3) is 5.91 Å². The van der Waals surface area contributed by atoms with Crippen LogP contribution in [0.15, 0.2) is 12.3 Å². The molecule has 144 valence electrons. The molecule has 1 saturated carbocycles. The SMILES string of the molecule is CCn1nccc1C(=O)N1CCc2c(c(CCC(=O)NC3CC3)nn2C)C1. The maximum atomic E-state index is 12.9. The van der Waals surface area contributed by atoms with E-state index in [0.717, 1.165) is 30.5 Å². The quantitative estimate of drug-likeness (QED) is 0.824. The van der Waals surface area contributed by atoms with Crippen LogP contribution >= 0.6 is 0 Å². The van der Waals surface area contributed by atoms with E-state index >= 15 is 0 Å². The van der Waals surface area contributed by atoms with E-state index < -0.39 is 0 Å². The molecule has 2 aromatic heterocycles. The summed E-state index contributed by atoms with van der Waals surface area (Å²) < 4.78 is 3.63. The lowest BCUT2D eigenvalue weighted by Crippen LogP contribution is -2.37. The topological polar surface area (TPSA) is 85.1 Å². The monoisotopic (exact) mass is 370 g/mol. The molecule has 2 aromatic rings. The van der Waals surface area contributed by atoms with Gasteiger partial charge in [-0.2, -0.15) is 10.2 Å². The molecule has 3 heterocycles. The minimum Gasteiger partial charge on any atom is -0.353 e. The molecule has 8 nitrogen and oxygen atoms in total. The minimum absolute atomic E-state index is 0.00118. The molecular weight excluding hydrogens is 344 g/mol. The van der Waals surface area contributed by atoms with Crippen molar-refractivity contribution in [2.24, 2.45) is 7.05 Å². The largest absolute Gasteiger partial charge is 0.353 e. The van der Waals surface area contributed by atoms with Crippen molar-refractivity contribution >= 4 is 11.8 Å². The third-order valence-electron chi connectivity index (χ3n) is 5.38. The lowest BCUT2D eigenvalue weighted by molar-refractivity contribution is -0.121. The standard InChI is InChI=1S/C19H26N6O2/c1-3-25-17(8-10-20-25)19(27)24-11-9-16-14(12-24)15(22-23(16)2)6-7-18(26)21-13-4-5-13/h8,10,13H,3-7,9,11-12H2,1-2H3,(H,21,26). The maximum absolute atomic E-state index is 12.9. The molecule has 1 aliphatic heterocycles. The highest BCUT2D eigenvalue weighted by Gasteiger charge is 2.29.